The lowest BCUT2D eigenvalue weighted by Gasteiger charge is -2.20. The molecule has 6 aromatic heterocycles. The van der Waals surface area contributed by atoms with Crippen molar-refractivity contribution in [3.8, 4) is 39.7 Å². The standard InChI is InChI=1S/C68H34N4O4/c1-70-52-27-20-41(36-69)65(71-53-28-21-37(39-18-23-46-42-10-2-6-14-57(42)73-61(46)34-39)32-50(53)63-55(71)30-25-48-44-12-4-8-16-59(44)75-67(48)63)66(52)72-54-29-22-38(40-19-24-47-43-11-3-7-15-58(43)74-62(47)35-40)33-51(54)64-56(72)31-26-49-45-13-5-9-17-60(45)76-68(49)64/h2-35H. The Morgan fingerprint density at radius 1 is 0.342 bits per heavy atom. The van der Waals surface area contributed by atoms with Crippen molar-refractivity contribution in [3.05, 3.63) is 223 Å². The second kappa shape index (κ2) is 14.9. The van der Waals surface area contributed by atoms with Crippen LogP contribution in [0.4, 0.5) is 5.69 Å². The summed E-state index contributed by atoms with van der Waals surface area (Å²) in [6.45, 7) is 8.89. The van der Waals surface area contributed by atoms with Crippen LogP contribution in [0.5, 0.6) is 0 Å². The molecule has 6 heterocycles. The van der Waals surface area contributed by atoms with E-state index in [9.17, 15) is 5.26 Å². The van der Waals surface area contributed by atoms with Gasteiger partial charge >= 0.3 is 0 Å². The third-order valence-corrected chi connectivity index (χ3v) is 15.8. The Labute approximate surface area is 430 Å². The van der Waals surface area contributed by atoms with Crippen molar-refractivity contribution in [2.45, 2.75) is 0 Å². The van der Waals surface area contributed by atoms with Gasteiger partial charge < -0.3 is 26.8 Å². The van der Waals surface area contributed by atoms with Gasteiger partial charge in [0.15, 0.2) is 0 Å². The highest BCUT2D eigenvalue weighted by Crippen LogP contribution is 2.49. The maximum absolute atomic E-state index is 11.4. The third-order valence-electron chi connectivity index (χ3n) is 15.8. The monoisotopic (exact) mass is 970 g/mol. The number of hydrogen-bond donors (Lipinski definition) is 0. The Morgan fingerprint density at radius 3 is 1.20 bits per heavy atom. The Kier molecular flexibility index (Phi) is 7.99. The first-order valence-electron chi connectivity index (χ1n) is 25.1. The molecule has 0 aliphatic carbocycles. The lowest BCUT2D eigenvalue weighted by atomic mass is 10.0. The van der Waals surface area contributed by atoms with E-state index in [0.29, 0.717) is 22.6 Å². The maximum Gasteiger partial charge on any atom is 0.212 e. The van der Waals surface area contributed by atoms with Crippen LogP contribution in [0.25, 0.3) is 170 Å². The van der Waals surface area contributed by atoms with Gasteiger partial charge in [0.2, 0.25) is 5.69 Å². The largest absolute Gasteiger partial charge is 0.456 e. The molecule has 0 radical (unpaired) electrons. The second-order valence-corrected chi connectivity index (χ2v) is 19.7. The fraction of sp³-hybridized carbons (Fsp3) is 0. The molecule has 0 aliphatic heterocycles. The zero-order chi connectivity index (χ0) is 49.9. The first-order valence-corrected chi connectivity index (χ1v) is 25.1. The van der Waals surface area contributed by atoms with E-state index in [1.165, 1.54) is 0 Å². The summed E-state index contributed by atoms with van der Waals surface area (Å²) in [5.74, 6) is 0. The van der Waals surface area contributed by atoms with Gasteiger partial charge in [-0.3, -0.25) is 0 Å². The predicted octanol–water partition coefficient (Wildman–Crippen LogP) is 19.2. The molecule has 0 saturated carbocycles. The van der Waals surface area contributed by atoms with Gasteiger partial charge in [0.1, 0.15) is 50.7 Å². The number of nitrogens with zero attached hydrogens (tertiary/aromatic N) is 4. The van der Waals surface area contributed by atoms with Gasteiger partial charge in [-0.1, -0.05) is 109 Å². The molecule has 76 heavy (non-hydrogen) atoms. The topological polar surface area (TPSA) is 90.6 Å². The quantitative estimate of drug-likeness (QED) is 0.164. The summed E-state index contributed by atoms with van der Waals surface area (Å²) in [5.41, 5.74) is 15.6. The number of benzene rings is 11. The van der Waals surface area contributed by atoms with Crippen molar-refractivity contribution in [3.63, 3.8) is 0 Å². The van der Waals surface area contributed by atoms with Crippen molar-refractivity contribution in [1.82, 2.24) is 9.13 Å². The van der Waals surface area contributed by atoms with Crippen LogP contribution in [-0.4, -0.2) is 9.13 Å². The minimum atomic E-state index is 0.382. The van der Waals surface area contributed by atoms with Crippen molar-refractivity contribution in [1.29, 1.82) is 5.26 Å². The molecule has 8 nitrogen and oxygen atoms in total. The molecule has 0 atom stereocenters. The van der Waals surface area contributed by atoms with E-state index in [2.05, 4.69) is 141 Å². The Hall–Kier alpha value is -10.8. The average molecular weight is 971 g/mol. The number of fused-ring (bicyclic) bond motifs is 20. The second-order valence-electron chi connectivity index (χ2n) is 19.7. The normalized spacial score (nSPS) is 12.2. The SMILES string of the molecule is [C-]#[N+]c1ccc(C#N)c(-n2c3ccc(-c4ccc5c(c4)oc4ccccc45)cc3c3c4oc5ccccc5c4ccc32)c1-n1c2ccc(-c3ccc4c(c3)oc3ccccc34)cc2c2c3oc4ccccc4c3ccc21. The number of para-hydroxylation sites is 4. The van der Waals surface area contributed by atoms with Crippen LogP contribution in [0.1, 0.15) is 5.56 Å². The fourth-order valence-corrected chi connectivity index (χ4v) is 12.4. The Balaban J connectivity index is 0.972. The highest BCUT2D eigenvalue weighted by atomic mass is 16.3. The summed E-state index contributed by atoms with van der Waals surface area (Å²) in [5, 5.41) is 23.3. The van der Waals surface area contributed by atoms with Gasteiger partial charge in [-0.25, -0.2) is 4.85 Å². The molecule has 0 unspecified atom stereocenters. The molecule has 17 aromatic rings. The molecule has 0 spiro atoms. The summed E-state index contributed by atoms with van der Waals surface area (Å²) >= 11 is 0. The van der Waals surface area contributed by atoms with Crippen LogP contribution in [0.2, 0.25) is 0 Å². The van der Waals surface area contributed by atoms with E-state index >= 15 is 0 Å². The zero-order valence-corrected chi connectivity index (χ0v) is 40.1. The van der Waals surface area contributed by atoms with Crippen LogP contribution >= 0.6 is 0 Å². The van der Waals surface area contributed by atoms with E-state index < -0.39 is 0 Å². The Morgan fingerprint density at radius 2 is 0.724 bits per heavy atom. The fourth-order valence-electron chi connectivity index (χ4n) is 12.4. The van der Waals surface area contributed by atoms with Crippen molar-refractivity contribution >= 4 is 137 Å². The van der Waals surface area contributed by atoms with Crippen LogP contribution in [0.3, 0.4) is 0 Å². The molecule has 8 heteroatoms. The maximum atomic E-state index is 11.4. The molecule has 0 N–H and O–H groups in total. The number of aromatic nitrogens is 2. The zero-order valence-electron chi connectivity index (χ0n) is 40.1. The van der Waals surface area contributed by atoms with E-state index in [1.807, 2.05) is 72.8 Å². The molecule has 0 aliphatic rings. The minimum Gasteiger partial charge on any atom is -0.456 e. The average Bonchev–Trinajstić information content (AvgIpc) is 4.39. The first kappa shape index (κ1) is 40.8. The first-order chi connectivity index (χ1) is 37.6. The summed E-state index contributed by atoms with van der Waals surface area (Å²) < 4.78 is 30.9. The molecule has 0 amide bonds. The molecule has 0 bridgehead atoms. The van der Waals surface area contributed by atoms with Gasteiger partial charge in [0.05, 0.1) is 56.3 Å². The van der Waals surface area contributed by atoms with Gasteiger partial charge in [-0.2, -0.15) is 5.26 Å². The van der Waals surface area contributed by atoms with Crippen LogP contribution < -0.4 is 0 Å². The van der Waals surface area contributed by atoms with Gasteiger partial charge in [-0.15, -0.1) is 0 Å². The highest BCUT2D eigenvalue weighted by Gasteiger charge is 2.28. The molecule has 0 fully saturated rings. The molecule has 0 saturated heterocycles. The van der Waals surface area contributed by atoms with Crippen molar-refractivity contribution < 1.29 is 17.7 Å². The summed E-state index contributed by atoms with van der Waals surface area (Å²) in [4.78, 5) is 4.27. The third kappa shape index (κ3) is 5.43. The smallest absolute Gasteiger partial charge is 0.212 e. The molecule has 11 aromatic carbocycles. The number of nitriles is 1. The predicted molar refractivity (Wildman–Crippen MR) is 306 cm³/mol. The lowest BCUT2D eigenvalue weighted by molar-refractivity contribution is 0.668. The molecule has 17 rings (SSSR count). The van der Waals surface area contributed by atoms with E-state index in [0.717, 1.165) is 154 Å². The van der Waals surface area contributed by atoms with Gasteiger partial charge in [-0.05, 0) is 119 Å². The summed E-state index contributed by atoms with van der Waals surface area (Å²) in [6, 6.07) is 72.9. The number of rotatable bonds is 4. The summed E-state index contributed by atoms with van der Waals surface area (Å²) in [6.07, 6.45) is 0. The van der Waals surface area contributed by atoms with E-state index in [4.69, 9.17) is 24.2 Å². The summed E-state index contributed by atoms with van der Waals surface area (Å²) in [7, 11) is 0. The van der Waals surface area contributed by atoms with Crippen LogP contribution in [0.15, 0.2) is 224 Å². The number of furan rings is 4. The molecular weight excluding hydrogens is 937 g/mol. The molecule has 350 valence electrons. The van der Waals surface area contributed by atoms with Crippen molar-refractivity contribution in [2.24, 2.45) is 0 Å². The lowest BCUT2D eigenvalue weighted by Crippen LogP contribution is -2.06. The molecular formula is C68H34N4O4. The van der Waals surface area contributed by atoms with E-state index in [-0.39, 0.29) is 0 Å². The van der Waals surface area contributed by atoms with Crippen LogP contribution in [0, 0.1) is 17.9 Å². The Bertz CT molecular complexity index is 5180. The minimum absolute atomic E-state index is 0.382. The van der Waals surface area contributed by atoms with Crippen molar-refractivity contribution in [2.75, 3.05) is 0 Å². The van der Waals surface area contributed by atoms with Gasteiger partial charge in [0, 0.05) is 53.9 Å². The van der Waals surface area contributed by atoms with Crippen LogP contribution in [-0.2, 0) is 0 Å². The number of hydrogen-bond acceptors (Lipinski definition) is 5. The van der Waals surface area contributed by atoms with Gasteiger partial charge in [0.25, 0.3) is 0 Å². The highest BCUT2D eigenvalue weighted by molar-refractivity contribution is 6.27. The van der Waals surface area contributed by atoms with E-state index in [1.54, 1.807) is 12.1 Å².